The van der Waals surface area contributed by atoms with Gasteiger partial charge in [-0.05, 0) is 19.1 Å². The van der Waals surface area contributed by atoms with E-state index in [-0.39, 0.29) is 12.6 Å². The molecule has 1 heterocycles. The van der Waals surface area contributed by atoms with E-state index in [1.165, 1.54) is 13.3 Å². The maximum atomic E-state index is 11.4. The first-order valence-electron chi connectivity index (χ1n) is 6.64. The van der Waals surface area contributed by atoms with Crippen molar-refractivity contribution >= 4 is 23.5 Å². The largest absolute Gasteiger partial charge is 0.465 e. The number of anilines is 1. The first kappa shape index (κ1) is 16.2. The number of ether oxygens (including phenoxy) is 1. The number of halogens is 1. The molecule has 0 saturated heterocycles. The zero-order valence-electron chi connectivity index (χ0n) is 12.2. The topological polar surface area (TPSA) is 84.3 Å². The molecule has 116 valence electrons. The lowest BCUT2D eigenvalue weighted by atomic mass is 10.1. The van der Waals surface area contributed by atoms with Crippen LogP contribution in [0.15, 0.2) is 30.5 Å². The fraction of sp³-hybridized carbons (Fsp3) is 0.267. The van der Waals surface area contributed by atoms with Crippen molar-refractivity contribution in [3.8, 4) is 11.3 Å². The summed E-state index contributed by atoms with van der Waals surface area (Å²) < 4.78 is 4.66. The molecule has 2 rings (SSSR count). The van der Waals surface area contributed by atoms with Crippen molar-refractivity contribution < 1.29 is 14.6 Å². The van der Waals surface area contributed by atoms with Crippen LogP contribution >= 0.6 is 11.6 Å². The van der Waals surface area contributed by atoms with E-state index in [0.717, 1.165) is 5.56 Å². The molecule has 1 aromatic heterocycles. The number of nitrogens with one attached hydrogen (secondary N) is 1. The highest BCUT2D eigenvalue weighted by Crippen LogP contribution is 2.26. The summed E-state index contributed by atoms with van der Waals surface area (Å²) in [5, 5.41) is 12.4. The molecule has 0 saturated carbocycles. The molecule has 0 amide bonds. The van der Waals surface area contributed by atoms with Crippen molar-refractivity contribution in [1.82, 2.24) is 9.97 Å². The third kappa shape index (κ3) is 3.72. The molecular weight excluding hydrogens is 306 g/mol. The molecule has 0 aliphatic carbocycles. The Kier molecular flexibility index (Phi) is 5.30. The van der Waals surface area contributed by atoms with Crippen LogP contribution in [-0.2, 0) is 4.74 Å². The van der Waals surface area contributed by atoms with Gasteiger partial charge in [0.15, 0.2) is 0 Å². The highest BCUT2D eigenvalue weighted by molar-refractivity contribution is 6.32. The van der Waals surface area contributed by atoms with E-state index < -0.39 is 5.97 Å². The smallest absolute Gasteiger partial charge is 0.337 e. The molecule has 0 aliphatic heterocycles. The average molecular weight is 322 g/mol. The predicted molar refractivity (Wildman–Crippen MR) is 84.0 cm³/mol. The lowest BCUT2D eigenvalue weighted by Gasteiger charge is -2.12. The van der Waals surface area contributed by atoms with Gasteiger partial charge in [-0.1, -0.05) is 23.7 Å². The van der Waals surface area contributed by atoms with Crippen LogP contribution in [0.3, 0.4) is 0 Å². The molecule has 2 aromatic rings. The van der Waals surface area contributed by atoms with Gasteiger partial charge in [0, 0.05) is 11.6 Å². The van der Waals surface area contributed by atoms with Crippen molar-refractivity contribution in [2.45, 2.75) is 13.0 Å². The molecule has 1 atom stereocenters. The van der Waals surface area contributed by atoms with Crippen LogP contribution in [0, 0.1) is 0 Å². The van der Waals surface area contributed by atoms with Crippen molar-refractivity contribution in [3.63, 3.8) is 0 Å². The second-order valence-corrected chi connectivity index (χ2v) is 5.09. The van der Waals surface area contributed by atoms with E-state index in [0.29, 0.717) is 22.2 Å². The van der Waals surface area contributed by atoms with Gasteiger partial charge < -0.3 is 15.2 Å². The van der Waals surface area contributed by atoms with Gasteiger partial charge in [-0.2, -0.15) is 0 Å². The fourth-order valence-corrected chi connectivity index (χ4v) is 1.99. The van der Waals surface area contributed by atoms with Gasteiger partial charge >= 0.3 is 5.97 Å². The number of aromatic nitrogens is 2. The number of methoxy groups -OCH3 is 1. The Labute approximate surface area is 133 Å². The van der Waals surface area contributed by atoms with E-state index in [1.54, 1.807) is 24.3 Å². The molecule has 0 bridgehead atoms. The van der Waals surface area contributed by atoms with Crippen LogP contribution in [0.4, 0.5) is 5.95 Å². The minimum absolute atomic E-state index is 0.0326. The second-order valence-electron chi connectivity index (χ2n) is 4.69. The summed E-state index contributed by atoms with van der Waals surface area (Å²) in [5.41, 5.74) is 1.74. The third-order valence-electron chi connectivity index (χ3n) is 2.97. The first-order valence-corrected chi connectivity index (χ1v) is 7.01. The Morgan fingerprint density at radius 3 is 2.68 bits per heavy atom. The number of benzene rings is 1. The van der Waals surface area contributed by atoms with E-state index in [1.807, 2.05) is 6.92 Å². The van der Waals surface area contributed by atoms with Crippen LogP contribution in [0.5, 0.6) is 0 Å². The monoisotopic (exact) mass is 321 g/mol. The zero-order valence-corrected chi connectivity index (χ0v) is 13.0. The molecule has 6 nitrogen and oxygen atoms in total. The van der Waals surface area contributed by atoms with Crippen LogP contribution in [0.2, 0.25) is 5.02 Å². The Balaban J connectivity index is 2.31. The maximum absolute atomic E-state index is 11.4. The lowest BCUT2D eigenvalue weighted by Crippen LogP contribution is -2.20. The molecular formula is C15H16ClN3O3. The molecule has 0 spiro atoms. The Morgan fingerprint density at radius 2 is 2.09 bits per heavy atom. The highest BCUT2D eigenvalue weighted by Gasteiger charge is 2.11. The number of nitrogens with zero attached hydrogens (tertiary/aromatic N) is 2. The van der Waals surface area contributed by atoms with Crippen molar-refractivity contribution in [1.29, 1.82) is 0 Å². The molecule has 1 unspecified atom stereocenters. The van der Waals surface area contributed by atoms with Gasteiger partial charge in [0.05, 0.1) is 36.2 Å². The second kappa shape index (κ2) is 7.20. The molecule has 22 heavy (non-hydrogen) atoms. The number of aliphatic hydroxyl groups excluding tert-OH is 1. The lowest BCUT2D eigenvalue weighted by molar-refractivity contribution is 0.0601. The number of rotatable bonds is 5. The van der Waals surface area contributed by atoms with Crippen LogP contribution in [-0.4, -0.2) is 40.8 Å². The Morgan fingerprint density at radius 1 is 1.41 bits per heavy atom. The molecule has 2 N–H and O–H groups in total. The van der Waals surface area contributed by atoms with Gasteiger partial charge in [0.2, 0.25) is 5.95 Å². The minimum Gasteiger partial charge on any atom is -0.465 e. The van der Waals surface area contributed by atoms with Crippen molar-refractivity contribution in [2.24, 2.45) is 0 Å². The number of carbonyl (C=O) groups is 1. The normalized spacial score (nSPS) is 11.8. The SMILES string of the molecule is COC(=O)c1ccc(-c2nc(NC(C)CO)ncc2Cl)cc1. The van der Waals surface area contributed by atoms with Crippen LogP contribution in [0.1, 0.15) is 17.3 Å². The highest BCUT2D eigenvalue weighted by atomic mass is 35.5. The summed E-state index contributed by atoms with van der Waals surface area (Å²) in [6.45, 7) is 1.78. The van der Waals surface area contributed by atoms with E-state index in [2.05, 4.69) is 20.0 Å². The van der Waals surface area contributed by atoms with Crippen LogP contribution < -0.4 is 5.32 Å². The minimum atomic E-state index is -0.403. The third-order valence-corrected chi connectivity index (χ3v) is 3.25. The number of hydrogen-bond donors (Lipinski definition) is 2. The standard InChI is InChI=1S/C15H16ClN3O3/c1-9(8-20)18-15-17-7-12(16)13(19-15)10-3-5-11(6-4-10)14(21)22-2/h3-7,9,20H,8H2,1-2H3,(H,17,18,19). The van der Waals surface area contributed by atoms with Gasteiger partial charge in [-0.15, -0.1) is 0 Å². The fourth-order valence-electron chi connectivity index (χ4n) is 1.79. The summed E-state index contributed by atoms with van der Waals surface area (Å²) in [5.74, 6) is -0.0301. The summed E-state index contributed by atoms with van der Waals surface area (Å²) in [7, 11) is 1.33. The molecule has 0 fully saturated rings. The number of hydrogen-bond acceptors (Lipinski definition) is 6. The number of esters is 1. The van der Waals surface area contributed by atoms with E-state index >= 15 is 0 Å². The van der Waals surface area contributed by atoms with Gasteiger partial charge in [-0.3, -0.25) is 0 Å². The van der Waals surface area contributed by atoms with Crippen molar-refractivity contribution in [2.75, 3.05) is 19.0 Å². The molecule has 0 aliphatic rings. The van der Waals surface area contributed by atoms with Gasteiger partial charge in [-0.25, -0.2) is 14.8 Å². The molecule has 0 radical (unpaired) electrons. The van der Waals surface area contributed by atoms with E-state index in [4.69, 9.17) is 16.7 Å². The first-order chi connectivity index (χ1) is 10.5. The Bertz CT molecular complexity index is 662. The van der Waals surface area contributed by atoms with Gasteiger partial charge in [0.1, 0.15) is 0 Å². The summed E-state index contributed by atoms with van der Waals surface area (Å²) in [4.78, 5) is 19.8. The van der Waals surface area contributed by atoms with Crippen molar-refractivity contribution in [3.05, 3.63) is 41.0 Å². The quantitative estimate of drug-likeness (QED) is 0.823. The zero-order chi connectivity index (χ0) is 16.1. The predicted octanol–water partition coefficient (Wildman–Crippen LogP) is 2.38. The number of aliphatic hydroxyl groups is 1. The number of carbonyl (C=O) groups excluding carboxylic acids is 1. The van der Waals surface area contributed by atoms with Crippen LogP contribution in [0.25, 0.3) is 11.3 Å². The Hall–Kier alpha value is -2.18. The maximum Gasteiger partial charge on any atom is 0.337 e. The molecule has 1 aromatic carbocycles. The molecule has 7 heteroatoms. The van der Waals surface area contributed by atoms with E-state index in [9.17, 15) is 4.79 Å². The average Bonchev–Trinajstić information content (AvgIpc) is 2.56. The summed E-state index contributed by atoms with van der Waals surface area (Å²) in [6, 6.07) is 6.58. The summed E-state index contributed by atoms with van der Waals surface area (Å²) >= 11 is 6.14. The summed E-state index contributed by atoms with van der Waals surface area (Å²) in [6.07, 6.45) is 1.49. The van der Waals surface area contributed by atoms with Gasteiger partial charge in [0.25, 0.3) is 0 Å².